The van der Waals surface area contributed by atoms with E-state index in [1.807, 2.05) is 24.3 Å². The number of nitrogens with one attached hydrogen (secondary N) is 1. The van der Waals surface area contributed by atoms with E-state index in [0.717, 1.165) is 18.4 Å². The van der Waals surface area contributed by atoms with Crippen molar-refractivity contribution in [3.05, 3.63) is 88.4 Å². The van der Waals surface area contributed by atoms with E-state index in [-0.39, 0.29) is 25.4 Å². The Morgan fingerprint density at radius 3 is 2.53 bits per heavy atom. The van der Waals surface area contributed by atoms with Gasteiger partial charge in [0.25, 0.3) is 0 Å². The quantitative estimate of drug-likeness (QED) is 0.498. The number of hydrogen-bond acceptors (Lipinski definition) is 4. The number of aliphatic hydroxyl groups is 2. The van der Waals surface area contributed by atoms with Gasteiger partial charge in [0.05, 0.1) is 24.3 Å². The monoisotopic (exact) mass is 423 g/mol. The highest BCUT2D eigenvalue weighted by molar-refractivity contribution is 6.32. The zero-order valence-corrected chi connectivity index (χ0v) is 17.5. The first-order chi connectivity index (χ1) is 14.7. The molecule has 0 saturated heterocycles. The van der Waals surface area contributed by atoms with E-state index in [4.69, 9.17) is 26.6 Å². The SMILES string of the molecule is OCC(CO)NCc1ccc(OC2CCc3c(-c4ccccc4)cccc32)c(Cl)c1. The Hall–Kier alpha value is -2.37. The maximum Gasteiger partial charge on any atom is 0.138 e. The molecule has 0 aromatic heterocycles. The van der Waals surface area contributed by atoms with Crippen LogP contribution in [0, 0.1) is 0 Å². The van der Waals surface area contributed by atoms with Crippen molar-refractivity contribution in [1.82, 2.24) is 5.32 Å². The van der Waals surface area contributed by atoms with Crippen LogP contribution in [-0.4, -0.2) is 29.5 Å². The normalized spacial score (nSPS) is 15.4. The molecule has 156 valence electrons. The molecular weight excluding hydrogens is 398 g/mol. The van der Waals surface area contributed by atoms with Crippen LogP contribution in [0.5, 0.6) is 5.75 Å². The van der Waals surface area contributed by atoms with Crippen LogP contribution in [0.15, 0.2) is 66.7 Å². The average molecular weight is 424 g/mol. The lowest BCUT2D eigenvalue weighted by Crippen LogP contribution is -2.35. The summed E-state index contributed by atoms with van der Waals surface area (Å²) in [6, 6.07) is 22.3. The summed E-state index contributed by atoms with van der Waals surface area (Å²) in [5.74, 6) is 0.671. The van der Waals surface area contributed by atoms with Gasteiger partial charge >= 0.3 is 0 Å². The highest BCUT2D eigenvalue weighted by atomic mass is 35.5. The van der Waals surface area contributed by atoms with Crippen molar-refractivity contribution in [2.45, 2.75) is 31.5 Å². The van der Waals surface area contributed by atoms with Crippen molar-refractivity contribution >= 4 is 11.6 Å². The third-order valence-corrected chi connectivity index (χ3v) is 5.90. The summed E-state index contributed by atoms with van der Waals surface area (Å²) >= 11 is 6.49. The zero-order chi connectivity index (χ0) is 20.9. The van der Waals surface area contributed by atoms with Gasteiger partial charge in [-0.2, -0.15) is 0 Å². The van der Waals surface area contributed by atoms with Gasteiger partial charge in [0.15, 0.2) is 0 Å². The second kappa shape index (κ2) is 9.63. The molecule has 0 fully saturated rings. The van der Waals surface area contributed by atoms with Gasteiger partial charge in [-0.15, -0.1) is 0 Å². The Morgan fingerprint density at radius 1 is 1.00 bits per heavy atom. The molecule has 30 heavy (non-hydrogen) atoms. The number of aliphatic hydroxyl groups excluding tert-OH is 2. The predicted molar refractivity (Wildman–Crippen MR) is 120 cm³/mol. The topological polar surface area (TPSA) is 61.7 Å². The Kier molecular flexibility index (Phi) is 6.70. The van der Waals surface area contributed by atoms with Gasteiger partial charge in [0.1, 0.15) is 11.9 Å². The molecule has 0 aliphatic heterocycles. The fraction of sp³-hybridized carbons (Fsp3) is 0.280. The van der Waals surface area contributed by atoms with Crippen molar-refractivity contribution in [2.24, 2.45) is 0 Å². The molecule has 4 rings (SSSR count). The fourth-order valence-electron chi connectivity index (χ4n) is 3.98. The minimum absolute atomic E-state index is 0.0155. The van der Waals surface area contributed by atoms with E-state index in [2.05, 4.69) is 47.8 Å². The standard InChI is InChI=1S/C25H26ClNO3/c26-23-13-17(14-27-19(15-28)16-29)9-11-25(23)30-24-12-10-21-20(7-4-8-22(21)24)18-5-2-1-3-6-18/h1-9,11,13,19,24,27-29H,10,12,14-16H2. The van der Waals surface area contributed by atoms with Gasteiger partial charge in [-0.1, -0.05) is 66.2 Å². The molecule has 5 heteroatoms. The second-order valence-electron chi connectivity index (χ2n) is 7.59. The van der Waals surface area contributed by atoms with Gasteiger partial charge < -0.3 is 20.3 Å². The molecule has 0 spiro atoms. The second-order valence-corrected chi connectivity index (χ2v) is 8.00. The Morgan fingerprint density at radius 2 is 1.80 bits per heavy atom. The van der Waals surface area contributed by atoms with Crippen LogP contribution in [0.3, 0.4) is 0 Å². The van der Waals surface area contributed by atoms with Crippen LogP contribution in [-0.2, 0) is 13.0 Å². The van der Waals surface area contributed by atoms with Gasteiger partial charge in [0.2, 0.25) is 0 Å². The molecule has 0 saturated carbocycles. The summed E-state index contributed by atoms with van der Waals surface area (Å²) in [7, 11) is 0. The summed E-state index contributed by atoms with van der Waals surface area (Å²) in [6.45, 7) is 0.285. The van der Waals surface area contributed by atoms with Gasteiger partial charge in [-0.3, -0.25) is 0 Å². The molecule has 0 radical (unpaired) electrons. The molecule has 3 N–H and O–H groups in total. The molecule has 1 atom stereocenters. The summed E-state index contributed by atoms with van der Waals surface area (Å²) in [4.78, 5) is 0. The number of halogens is 1. The molecule has 1 aliphatic rings. The Bertz CT molecular complexity index is 989. The smallest absolute Gasteiger partial charge is 0.138 e. The van der Waals surface area contributed by atoms with Crippen LogP contribution < -0.4 is 10.1 Å². The van der Waals surface area contributed by atoms with E-state index >= 15 is 0 Å². The highest BCUT2D eigenvalue weighted by Gasteiger charge is 2.27. The van der Waals surface area contributed by atoms with Crippen LogP contribution in [0.25, 0.3) is 11.1 Å². The van der Waals surface area contributed by atoms with Gasteiger partial charge in [-0.05, 0) is 52.8 Å². The predicted octanol–water partition coefficient (Wildman–Crippen LogP) is 4.52. The lowest BCUT2D eigenvalue weighted by atomic mass is 9.97. The molecule has 0 heterocycles. The Balaban J connectivity index is 1.49. The third kappa shape index (κ3) is 4.52. The minimum Gasteiger partial charge on any atom is -0.484 e. The first-order valence-electron chi connectivity index (χ1n) is 10.3. The largest absolute Gasteiger partial charge is 0.484 e. The number of ether oxygens (including phenoxy) is 1. The molecule has 4 nitrogen and oxygen atoms in total. The summed E-state index contributed by atoms with van der Waals surface area (Å²) < 4.78 is 6.31. The highest BCUT2D eigenvalue weighted by Crippen LogP contribution is 2.41. The summed E-state index contributed by atoms with van der Waals surface area (Å²) in [6.07, 6.45) is 1.89. The molecule has 3 aromatic rings. The first kappa shape index (κ1) is 20.9. The average Bonchev–Trinajstić information content (AvgIpc) is 3.20. The van der Waals surface area contributed by atoms with E-state index in [9.17, 15) is 0 Å². The Labute approximate surface area is 182 Å². The molecule has 3 aromatic carbocycles. The van der Waals surface area contributed by atoms with E-state index in [0.29, 0.717) is 17.3 Å². The third-order valence-electron chi connectivity index (χ3n) is 5.60. The number of benzene rings is 3. The maximum atomic E-state index is 9.17. The molecule has 1 aliphatic carbocycles. The van der Waals surface area contributed by atoms with Crippen LogP contribution in [0.1, 0.15) is 29.2 Å². The van der Waals surface area contributed by atoms with Crippen molar-refractivity contribution in [2.75, 3.05) is 13.2 Å². The molecule has 1 unspecified atom stereocenters. The van der Waals surface area contributed by atoms with Crippen molar-refractivity contribution in [3.63, 3.8) is 0 Å². The fourth-order valence-corrected chi connectivity index (χ4v) is 4.23. The van der Waals surface area contributed by atoms with E-state index in [1.54, 1.807) is 0 Å². The molecule has 0 bridgehead atoms. The lowest BCUT2D eigenvalue weighted by Gasteiger charge is -2.18. The van der Waals surface area contributed by atoms with E-state index < -0.39 is 0 Å². The number of hydrogen-bond donors (Lipinski definition) is 3. The van der Waals surface area contributed by atoms with Crippen molar-refractivity contribution in [1.29, 1.82) is 0 Å². The van der Waals surface area contributed by atoms with Crippen LogP contribution in [0.4, 0.5) is 0 Å². The lowest BCUT2D eigenvalue weighted by molar-refractivity contribution is 0.170. The number of fused-ring (bicyclic) bond motifs is 1. The molecule has 0 amide bonds. The minimum atomic E-state index is -0.339. The van der Waals surface area contributed by atoms with Gasteiger partial charge in [-0.25, -0.2) is 0 Å². The number of rotatable bonds is 8. The zero-order valence-electron chi connectivity index (χ0n) is 16.7. The first-order valence-corrected chi connectivity index (χ1v) is 10.6. The van der Waals surface area contributed by atoms with Crippen molar-refractivity contribution < 1.29 is 14.9 Å². The summed E-state index contributed by atoms with van der Waals surface area (Å²) in [5.41, 5.74) is 6.05. The van der Waals surface area contributed by atoms with Crippen LogP contribution in [0.2, 0.25) is 5.02 Å². The maximum absolute atomic E-state index is 9.17. The summed E-state index contributed by atoms with van der Waals surface area (Å²) in [5, 5.41) is 22.0. The van der Waals surface area contributed by atoms with Crippen LogP contribution >= 0.6 is 11.6 Å². The van der Waals surface area contributed by atoms with Crippen molar-refractivity contribution in [3.8, 4) is 16.9 Å². The van der Waals surface area contributed by atoms with Gasteiger partial charge in [0, 0.05) is 6.54 Å². The molecular formula is C25H26ClNO3. The van der Waals surface area contributed by atoms with E-state index in [1.165, 1.54) is 22.3 Å².